The highest BCUT2D eigenvalue weighted by Gasteiger charge is 2.38. The Bertz CT molecular complexity index is 719. The number of carbonyl (C=O) groups is 2. The lowest BCUT2D eigenvalue weighted by Crippen LogP contribution is -2.35. The van der Waals surface area contributed by atoms with Gasteiger partial charge in [0.2, 0.25) is 0 Å². The maximum Gasteiger partial charge on any atom is 0.490 e. The molecule has 0 bridgehead atoms. The van der Waals surface area contributed by atoms with Crippen LogP contribution in [-0.4, -0.2) is 42.5 Å². The van der Waals surface area contributed by atoms with Gasteiger partial charge in [-0.1, -0.05) is 6.07 Å². The molecule has 1 amide bonds. The van der Waals surface area contributed by atoms with Crippen molar-refractivity contribution in [2.45, 2.75) is 50.9 Å². The van der Waals surface area contributed by atoms with E-state index in [4.69, 9.17) is 14.6 Å². The number of carboxylic acid groups (broad SMARTS) is 1. The molecule has 10 heteroatoms. The van der Waals surface area contributed by atoms with Gasteiger partial charge < -0.3 is 20.5 Å². The first-order valence-electron chi connectivity index (χ1n) is 9.29. The van der Waals surface area contributed by atoms with Crippen LogP contribution < -0.4 is 15.4 Å². The highest BCUT2D eigenvalue weighted by molar-refractivity contribution is 5.95. The van der Waals surface area contributed by atoms with E-state index in [0.29, 0.717) is 6.04 Å². The zero-order valence-electron chi connectivity index (χ0n) is 15.9. The van der Waals surface area contributed by atoms with Crippen LogP contribution in [0.15, 0.2) is 18.2 Å². The molecule has 1 saturated carbocycles. The normalized spacial score (nSPS) is 22.3. The lowest BCUT2D eigenvalue weighted by Gasteiger charge is -2.30. The molecule has 1 aromatic rings. The van der Waals surface area contributed by atoms with Gasteiger partial charge in [0.1, 0.15) is 5.75 Å². The molecule has 0 spiro atoms. The van der Waals surface area contributed by atoms with Crippen molar-refractivity contribution in [3.8, 4) is 5.75 Å². The molecule has 162 valence electrons. The van der Waals surface area contributed by atoms with Gasteiger partial charge in [0.25, 0.3) is 5.91 Å². The zero-order valence-corrected chi connectivity index (χ0v) is 15.9. The van der Waals surface area contributed by atoms with Gasteiger partial charge in [-0.3, -0.25) is 9.18 Å². The average Bonchev–Trinajstić information content (AvgIpc) is 2.67. The number of halogens is 4. The van der Waals surface area contributed by atoms with Crippen molar-refractivity contribution < 1.29 is 37.0 Å². The number of ether oxygens (including phenoxy) is 1. The number of aliphatic carboxylic acids is 1. The van der Waals surface area contributed by atoms with Crippen molar-refractivity contribution in [2.75, 3.05) is 18.6 Å². The fourth-order valence-electron chi connectivity index (χ4n) is 3.29. The summed E-state index contributed by atoms with van der Waals surface area (Å²) in [7, 11) is 0. The lowest BCUT2D eigenvalue weighted by atomic mass is 9.86. The summed E-state index contributed by atoms with van der Waals surface area (Å²) in [6, 6.07) is 6.55. The number of hydrogen-bond acceptors (Lipinski definition) is 4. The fourth-order valence-corrected chi connectivity index (χ4v) is 3.29. The van der Waals surface area contributed by atoms with Crippen LogP contribution in [0.4, 0.5) is 23.2 Å². The Hall–Kier alpha value is -2.36. The molecule has 1 aromatic carbocycles. The first-order chi connectivity index (χ1) is 13.6. The minimum Gasteiger partial charge on any atom is -0.482 e. The second-order valence-corrected chi connectivity index (χ2v) is 7.16. The maximum absolute atomic E-state index is 12.7. The Morgan fingerprint density at radius 3 is 2.48 bits per heavy atom. The molecule has 1 unspecified atom stereocenters. The van der Waals surface area contributed by atoms with Gasteiger partial charge in [-0.05, 0) is 56.2 Å². The summed E-state index contributed by atoms with van der Waals surface area (Å²) in [5, 5.41) is 13.6. The molecular formula is C19H24F4N2O4. The number of hydrogen-bond donors (Lipinski definition) is 3. The molecule has 3 rings (SSSR count). The van der Waals surface area contributed by atoms with Crippen LogP contribution in [0.25, 0.3) is 0 Å². The molecule has 1 aliphatic carbocycles. The molecule has 1 heterocycles. The van der Waals surface area contributed by atoms with Crippen LogP contribution in [0, 0.1) is 5.92 Å². The quantitative estimate of drug-likeness (QED) is 0.645. The van der Waals surface area contributed by atoms with Gasteiger partial charge >= 0.3 is 12.1 Å². The predicted molar refractivity (Wildman–Crippen MR) is 97.5 cm³/mol. The number of carboxylic acids is 1. The van der Waals surface area contributed by atoms with E-state index in [1.807, 2.05) is 18.2 Å². The van der Waals surface area contributed by atoms with Crippen molar-refractivity contribution in [1.82, 2.24) is 5.32 Å². The summed E-state index contributed by atoms with van der Waals surface area (Å²) >= 11 is 0. The lowest BCUT2D eigenvalue weighted by molar-refractivity contribution is -0.192. The van der Waals surface area contributed by atoms with Crippen LogP contribution in [0.2, 0.25) is 0 Å². The first kappa shape index (κ1) is 22.9. The van der Waals surface area contributed by atoms with E-state index in [9.17, 15) is 22.4 Å². The Morgan fingerprint density at radius 2 is 1.93 bits per heavy atom. The molecule has 6 nitrogen and oxygen atoms in total. The summed E-state index contributed by atoms with van der Waals surface area (Å²) in [5.41, 5.74) is 1.87. The van der Waals surface area contributed by atoms with Gasteiger partial charge in [0.15, 0.2) is 6.61 Å². The Balaban J connectivity index is 0.000000370. The number of rotatable bonds is 4. The number of carbonyl (C=O) groups excluding carboxylic acids is 1. The highest BCUT2D eigenvalue weighted by atomic mass is 19.4. The molecule has 2 aliphatic rings. The smallest absolute Gasteiger partial charge is 0.482 e. The summed E-state index contributed by atoms with van der Waals surface area (Å²) in [6.45, 7) is 2.02. The topological polar surface area (TPSA) is 87.7 Å². The minimum absolute atomic E-state index is 0.0749. The third-order valence-electron chi connectivity index (χ3n) is 4.93. The van der Waals surface area contributed by atoms with Crippen molar-refractivity contribution in [2.24, 2.45) is 5.92 Å². The summed E-state index contributed by atoms with van der Waals surface area (Å²) in [4.78, 5) is 20.2. The number of anilines is 1. The molecular weight excluding hydrogens is 396 g/mol. The molecule has 0 radical (unpaired) electrons. The van der Waals surface area contributed by atoms with Crippen LogP contribution in [0.1, 0.15) is 44.2 Å². The van der Waals surface area contributed by atoms with Gasteiger partial charge in [-0.15, -0.1) is 0 Å². The number of fused-ring (bicyclic) bond motifs is 1. The van der Waals surface area contributed by atoms with Gasteiger partial charge in [-0.2, -0.15) is 13.2 Å². The van der Waals surface area contributed by atoms with Crippen LogP contribution in [-0.2, 0) is 9.59 Å². The maximum atomic E-state index is 12.7. The molecule has 29 heavy (non-hydrogen) atoms. The van der Waals surface area contributed by atoms with E-state index >= 15 is 0 Å². The number of benzene rings is 1. The number of amides is 1. The Morgan fingerprint density at radius 1 is 1.31 bits per heavy atom. The number of nitrogens with one attached hydrogen (secondary N) is 2. The van der Waals surface area contributed by atoms with E-state index in [0.717, 1.165) is 42.7 Å². The Kier molecular flexibility index (Phi) is 7.83. The van der Waals surface area contributed by atoms with Crippen LogP contribution >= 0.6 is 0 Å². The molecule has 1 fully saturated rings. The van der Waals surface area contributed by atoms with Crippen molar-refractivity contribution in [3.63, 3.8) is 0 Å². The van der Waals surface area contributed by atoms with Gasteiger partial charge in [0, 0.05) is 12.1 Å². The average molecular weight is 420 g/mol. The van der Waals surface area contributed by atoms with Crippen LogP contribution in [0.5, 0.6) is 5.75 Å². The Labute approximate surface area is 165 Å². The van der Waals surface area contributed by atoms with E-state index in [-0.39, 0.29) is 31.1 Å². The largest absolute Gasteiger partial charge is 0.490 e. The van der Waals surface area contributed by atoms with Crippen molar-refractivity contribution in [3.05, 3.63) is 23.8 Å². The molecule has 3 N–H and O–H groups in total. The standard InChI is InChI=1S/C17H23FN2O2.C2HF3O2/c1-11(19-14-5-2-12(9-18)3-6-14)13-4-7-15-16(8-13)22-10-17(21)20-15;3-2(4,5)1(6)7/h4,7-8,11-12,14,19H,2-3,5-6,9-10H2,1H3,(H,20,21);(H,6,7). The molecule has 0 aromatic heterocycles. The van der Waals surface area contributed by atoms with E-state index in [2.05, 4.69) is 17.6 Å². The minimum atomic E-state index is -5.08. The second-order valence-electron chi connectivity index (χ2n) is 7.16. The third kappa shape index (κ3) is 6.88. The SMILES string of the molecule is CC(NC1CCC(CF)CC1)c1ccc2c(c1)OCC(=O)N2.O=C(O)C(F)(F)F. The van der Waals surface area contributed by atoms with Crippen LogP contribution in [0.3, 0.4) is 0 Å². The second kappa shape index (κ2) is 9.91. The van der Waals surface area contributed by atoms with Gasteiger partial charge in [-0.25, -0.2) is 4.79 Å². The van der Waals surface area contributed by atoms with Crippen molar-refractivity contribution in [1.29, 1.82) is 0 Å². The summed E-state index contributed by atoms with van der Waals surface area (Å²) in [6.07, 6.45) is -1.06. The molecule has 0 saturated heterocycles. The van der Waals surface area contributed by atoms with Crippen molar-refractivity contribution >= 4 is 17.6 Å². The predicted octanol–water partition coefficient (Wildman–Crippen LogP) is 3.83. The van der Waals surface area contributed by atoms with Gasteiger partial charge in [0.05, 0.1) is 12.4 Å². The fraction of sp³-hybridized carbons (Fsp3) is 0.579. The molecule has 1 atom stereocenters. The third-order valence-corrected chi connectivity index (χ3v) is 4.93. The first-order valence-corrected chi connectivity index (χ1v) is 9.29. The summed E-state index contributed by atoms with van der Waals surface area (Å²) in [5.74, 6) is -1.88. The van der Waals surface area contributed by atoms with E-state index < -0.39 is 12.1 Å². The zero-order chi connectivity index (χ0) is 21.6. The molecule has 1 aliphatic heterocycles. The number of alkyl halides is 4. The highest BCUT2D eigenvalue weighted by Crippen LogP contribution is 2.32. The monoisotopic (exact) mass is 420 g/mol. The van der Waals surface area contributed by atoms with E-state index in [1.165, 1.54) is 0 Å². The van der Waals surface area contributed by atoms with E-state index in [1.54, 1.807) is 0 Å². The summed E-state index contributed by atoms with van der Waals surface area (Å²) < 4.78 is 49.9.